The van der Waals surface area contributed by atoms with E-state index in [0.717, 1.165) is 32.1 Å². The Morgan fingerprint density at radius 1 is 1.06 bits per heavy atom. The largest absolute Gasteiger partial charge is 0.469 e. The number of carbonyl (C=O) groups is 3. The van der Waals surface area contributed by atoms with E-state index in [1.807, 2.05) is 0 Å². The highest BCUT2D eigenvalue weighted by molar-refractivity contribution is 5.69. The predicted molar refractivity (Wildman–Crippen MR) is 137 cm³/mol. The van der Waals surface area contributed by atoms with Gasteiger partial charge in [0, 0.05) is 38.5 Å². The van der Waals surface area contributed by atoms with Crippen LogP contribution >= 0.6 is 0 Å². The van der Waals surface area contributed by atoms with Gasteiger partial charge in [-0.1, -0.05) is 32.4 Å². The molecule has 4 aliphatic rings. The summed E-state index contributed by atoms with van der Waals surface area (Å²) >= 11 is 0. The summed E-state index contributed by atoms with van der Waals surface area (Å²) < 4.78 is 16.4. The number of ether oxygens (including phenoxy) is 3. The molecule has 202 valence electrons. The van der Waals surface area contributed by atoms with Crippen LogP contribution in [0.3, 0.4) is 0 Å². The molecule has 0 aromatic rings. The van der Waals surface area contributed by atoms with Crippen molar-refractivity contribution in [1.29, 1.82) is 0 Å². The number of allylic oxidation sites excluding steroid dienone is 1. The number of fused-ring (bicyclic) bond motifs is 5. The molecule has 0 radical (unpaired) electrons. The Kier molecular flexibility index (Phi) is 7.92. The fourth-order valence-corrected chi connectivity index (χ4v) is 9.20. The van der Waals surface area contributed by atoms with Gasteiger partial charge < -0.3 is 14.2 Å². The van der Waals surface area contributed by atoms with E-state index in [4.69, 9.17) is 14.2 Å². The van der Waals surface area contributed by atoms with Gasteiger partial charge in [-0.05, 0) is 80.0 Å². The number of methoxy groups -OCH3 is 1. The molecule has 9 atom stereocenters. The SMILES string of the molecule is COC(=O)CCC[C@@H](C)[C@H]1CC[C@H]2[C@@H]3CC=C4C[C@@H](OC(C)=O)C[C@H](OC(C)=O)[C@]4(C)[C@H]3CC[C@]12C. The summed E-state index contributed by atoms with van der Waals surface area (Å²) in [6, 6.07) is 0. The van der Waals surface area contributed by atoms with Gasteiger partial charge in [0.1, 0.15) is 12.2 Å². The summed E-state index contributed by atoms with van der Waals surface area (Å²) in [6.07, 6.45) is 11.7. The lowest BCUT2D eigenvalue weighted by Crippen LogP contribution is -2.57. The zero-order chi connectivity index (χ0) is 26.3. The van der Waals surface area contributed by atoms with Crippen LogP contribution in [0.5, 0.6) is 0 Å². The van der Waals surface area contributed by atoms with Crippen LogP contribution in [0.25, 0.3) is 0 Å². The lowest BCUT2D eigenvalue weighted by atomic mass is 9.46. The second-order valence-electron chi connectivity index (χ2n) is 12.6. The summed E-state index contributed by atoms with van der Waals surface area (Å²) in [5, 5.41) is 0. The number of hydrogen-bond acceptors (Lipinski definition) is 6. The average Bonchev–Trinajstić information content (AvgIpc) is 3.16. The summed E-state index contributed by atoms with van der Waals surface area (Å²) in [5.74, 6) is 2.38. The summed E-state index contributed by atoms with van der Waals surface area (Å²) in [7, 11) is 1.46. The van der Waals surface area contributed by atoms with Crippen LogP contribution in [0.15, 0.2) is 11.6 Å². The molecule has 0 heterocycles. The van der Waals surface area contributed by atoms with Crippen molar-refractivity contribution in [1.82, 2.24) is 0 Å². The van der Waals surface area contributed by atoms with Gasteiger partial charge in [-0.25, -0.2) is 0 Å². The number of esters is 3. The molecule has 0 spiro atoms. The monoisotopic (exact) mass is 502 g/mol. The molecule has 0 saturated heterocycles. The zero-order valence-electron chi connectivity index (χ0n) is 23.1. The molecule has 0 unspecified atom stereocenters. The van der Waals surface area contributed by atoms with Gasteiger partial charge in [-0.3, -0.25) is 14.4 Å². The first-order valence-corrected chi connectivity index (χ1v) is 14.1. The minimum absolute atomic E-state index is 0.109. The minimum atomic E-state index is -0.273. The standard InChI is InChI=1S/C30H46O6/c1-18(8-7-9-28(33)34-6)24-12-13-25-23-11-10-21-16-22(35-19(2)31)17-27(36-20(3)32)30(21,5)26(23)14-15-29(24,25)4/h10,18,22-27H,7-9,11-17H2,1-6H3/t18-,22-,23+,24-,25+,26+,27+,29-,30+/m1/s1. The predicted octanol–water partition coefficient (Wildman–Crippen LogP) is 6.02. The summed E-state index contributed by atoms with van der Waals surface area (Å²) in [4.78, 5) is 35.4. The van der Waals surface area contributed by atoms with Crippen molar-refractivity contribution < 1.29 is 28.6 Å². The van der Waals surface area contributed by atoms with Crippen LogP contribution in [0, 0.1) is 40.4 Å². The van der Waals surface area contributed by atoms with E-state index >= 15 is 0 Å². The van der Waals surface area contributed by atoms with E-state index in [9.17, 15) is 14.4 Å². The van der Waals surface area contributed by atoms with Crippen LogP contribution in [-0.2, 0) is 28.6 Å². The van der Waals surface area contributed by atoms with Crippen LogP contribution in [0.1, 0.15) is 98.8 Å². The average molecular weight is 503 g/mol. The Labute approximate surface area is 216 Å². The van der Waals surface area contributed by atoms with Crippen molar-refractivity contribution in [3.63, 3.8) is 0 Å². The number of carbonyl (C=O) groups excluding carboxylic acids is 3. The Bertz CT molecular complexity index is 894. The smallest absolute Gasteiger partial charge is 0.305 e. The molecule has 0 N–H and O–H groups in total. The number of rotatable bonds is 7. The highest BCUT2D eigenvalue weighted by Crippen LogP contribution is 2.67. The third-order valence-electron chi connectivity index (χ3n) is 10.8. The zero-order valence-corrected chi connectivity index (χ0v) is 23.1. The molecule has 36 heavy (non-hydrogen) atoms. The van der Waals surface area contributed by atoms with E-state index in [-0.39, 0.29) is 35.5 Å². The van der Waals surface area contributed by atoms with Gasteiger partial charge in [-0.15, -0.1) is 0 Å². The Hall–Kier alpha value is -1.85. The second kappa shape index (κ2) is 10.5. The molecule has 3 saturated carbocycles. The second-order valence-corrected chi connectivity index (χ2v) is 12.6. The van der Waals surface area contributed by atoms with Crippen molar-refractivity contribution >= 4 is 17.9 Å². The maximum absolute atomic E-state index is 12.1. The molecule has 0 aromatic heterocycles. The molecule has 0 amide bonds. The quantitative estimate of drug-likeness (QED) is 0.241. The van der Waals surface area contributed by atoms with E-state index in [1.165, 1.54) is 45.8 Å². The Balaban J connectivity index is 1.54. The van der Waals surface area contributed by atoms with Crippen LogP contribution in [-0.4, -0.2) is 37.2 Å². The van der Waals surface area contributed by atoms with Crippen LogP contribution in [0.4, 0.5) is 0 Å². The Morgan fingerprint density at radius 2 is 1.78 bits per heavy atom. The Morgan fingerprint density at radius 3 is 2.44 bits per heavy atom. The lowest BCUT2D eigenvalue weighted by Gasteiger charge is -2.60. The molecule has 4 rings (SSSR count). The minimum Gasteiger partial charge on any atom is -0.469 e. The van der Waals surface area contributed by atoms with E-state index in [2.05, 4.69) is 26.8 Å². The fourth-order valence-electron chi connectivity index (χ4n) is 9.20. The van der Waals surface area contributed by atoms with Crippen molar-refractivity contribution in [3.8, 4) is 0 Å². The van der Waals surface area contributed by atoms with Gasteiger partial charge in [-0.2, -0.15) is 0 Å². The van der Waals surface area contributed by atoms with Gasteiger partial charge in [0.25, 0.3) is 0 Å². The summed E-state index contributed by atoms with van der Waals surface area (Å²) in [5.41, 5.74) is 1.44. The molecule has 0 bridgehead atoms. The first-order chi connectivity index (χ1) is 17.0. The third kappa shape index (κ3) is 4.86. The molecule has 6 heteroatoms. The van der Waals surface area contributed by atoms with Gasteiger partial charge in [0.05, 0.1) is 7.11 Å². The molecule has 3 fully saturated rings. The molecule has 0 aromatic carbocycles. The first-order valence-electron chi connectivity index (χ1n) is 14.1. The van der Waals surface area contributed by atoms with Gasteiger partial charge >= 0.3 is 17.9 Å². The summed E-state index contributed by atoms with van der Waals surface area (Å²) in [6.45, 7) is 10.2. The van der Waals surface area contributed by atoms with Crippen molar-refractivity contribution in [2.24, 2.45) is 40.4 Å². The maximum atomic E-state index is 12.1. The third-order valence-corrected chi connectivity index (χ3v) is 10.8. The molecule has 6 nitrogen and oxygen atoms in total. The first kappa shape index (κ1) is 27.2. The molecule has 0 aliphatic heterocycles. The normalized spacial score (nSPS) is 40.1. The molecular formula is C30H46O6. The number of hydrogen-bond donors (Lipinski definition) is 0. The van der Waals surface area contributed by atoms with Crippen LogP contribution < -0.4 is 0 Å². The molecule has 4 aliphatic carbocycles. The highest BCUT2D eigenvalue weighted by atomic mass is 16.6. The van der Waals surface area contributed by atoms with Crippen LogP contribution in [0.2, 0.25) is 0 Å². The van der Waals surface area contributed by atoms with Crippen molar-refractivity contribution in [3.05, 3.63) is 11.6 Å². The fraction of sp³-hybridized carbons (Fsp3) is 0.833. The van der Waals surface area contributed by atoms with Gasteiger partial charge in [0.2, 0.25) is 0 Å². The lowest BCUT2D eigenvalue weighted by molar-refractivity contribution is -0.172. The molecular weight excluding hydrogens is 456 g/mol. The highest BCUT2D eigenvalue weighted by Gasteiger charge is 2.62. The topological polar surface area (TPSA) is 78.9 Å². The van der Waals surface area contributed by atoms with E-state index in [1.54, 1.807) is 0 Å². The van der Waals surface area contributed by atoms with Crippen molar-refractivity contribution in [2.75, 3.05) is 7.11 Å². The van der Waals surface area contributed by atoms with Gasteiger partial charge in [0.15, 0.2) is 0 Å². The maximum Gasteiger partial charge on any atom is 0.305 e. The van der Waals surface area contributed by atoms with Crippen molar-refractivity contribution in [2.45, 2.75) is 111 Å². The van der Waals surface area contributed by atoms with E-state index < -0.39 is 0 Å². The van der Waals surface area contributed by atoms with E-state index in [0.29, 0.717) is 47.8 Å².